The Morgan fingerprint density at radius 2 is 2.28 bits per heavy atom. The molecule has 0 amide bonds. The fraction of sp³-hybridized carbons (Fsp3) is 0.500. The number of aromatic nitrogens is 2. The van der Waals surface area contributed by atoms with Crippen LogP contribution in [0.15, 0.2) is 18.2 Å². The zero-order chi connectivity index (χ0) is 12.7. The predicted molar refractivity (Wildman–Crippen MR) is 78.8 cm³/mol. The van der Waals surface area contributed by atoms with E-state index in [-0.39, 0.29) is 0 Å². The average Bonchev–Trinajstić information content (AvgIpc) is 3.09. The summed E-state index contributed by atoms with van der Waals surface area (Å²) < 4.78 is 3.10. The Morgan fingerprint density at radius 3 is 2.94 bits per heavy atom. The van der Waals surface area contributed by atoms with Gasteiger partial charge in [-0.15, -0.1) is 0 Å². The number of hydrogen-bond acceptors (Lipinski definition) is 1. The van der Waals surface area contributed by atoms with Crippen LogP contribution in [0, 0.1) is 10.7 Å². The molecule has 2 nitrogen and oxygen atoms in total. The van der Waals surface area contributed by atoms with Gasteiger partial charge in [0.2, 0.25) is 0 Å². The molecule has 96 valence electrons. The van der Waals surface area contributed by atoms with Gasteiger partial charge in [-0.1, -0.05) is 31.4 Å². The van der Waals surface area contributed by atoms with Crippen LogP contribution in [0.2, 0.25) is 5.02 Å². The van der Waals surface area contributed by atoms with Crippen molar-refractivity contribution in [3.8, 4) is 0 Å². The first-order valence-electron chi connectivity index (χ1n) is 6.58. The number of rotatable bonds is 4. The van der Waals surface area contributed by atoms with Gasteiger partial charge in [0.25, 0.3) is 0 Å². The van der Waals surface area contributed by atoms with Crippen LogP contribution in [0.4, 0.5) is 0 Å². The lowest BCUT2D eigenvalue weighted by molar-refractivity contribution is 0.434. The van der Waals surface area contributed by atoms with Crippen molar-refractivity contribution in [2.45, 2.75) is 38.6 Å². The zero-order valence-corrected chi connectivity index (χ0v) is 12.0. The summed E-state index contributed by atoms with van der Waals surface area (Å²) in [5.74, 6) is 0.911. The summed E-state index contributed by atoms with van der Waals surface area (Å²) in [6.45, 7) is 2.24. The first-order valence-corrected chi connectivity index (χ1v) is 7.37. The Hall–Kier alpha value is -0.800. The molecule has 0 radical (unpaired) electrons. The minimum absolute atomic E-state index is 0.514. The summed E-state index contributed by atoms with van der Waals surface area (Å²) in [4.78, 5) is 3.27. The topological polar surface area (TPSA) is 20.7 Å². The second-order valence-electron chi connectivity index (χ2n) is 5.20. The second kappa shape index (κ2) is 4.71. The van der Waals surface area contributed by atoms with E-state index in [9.17, 15) is 0 Å². The van der Waals surface area contributed by atoms with E-state index in [0.717, 1.165) is 27.6 Å². The van der Waals surface area contributed by atoms with Crippen molar-refractivity contribution in [2.75, 3.05) is 0 Å². The lowest BCUT2D eigenvalue weighted by Gasteiger charge is -2.17. The van der Waals surface area contributed by atoms with E-state index >= 15 is 0 Å². The molecule has 1 unspecified atom stereocenters. The van der Waals surface area contributed by atoms with Gasteiger partial charge in [0.15, 0.2) is 4.77 Å². The van der Waals surface area contributed by atoms with E-state index in [1.165, 1.54) is 24.8 Å². The summed E-state index contributed by atoms with van der Waals surface area (Å²) in [5.41, 5.74) is 2.22. The number of hydrogen-bond donors (Lipinski definition) is 1. The van der Waals surface area contributed by atoms with Gasteiger partial charge in [-0.2, -0.15) is 0 Å². The molecule has 1 N–H and O–H groups in total. The summed E-state index contributed by atoms with van der Waals surface area (Å²) >= 11 is 11.5. The molecule has 1 aliphatic carbocycles. The lowest BCUT2D eigenvalue weighted by atomic mass is 10.1. The van der Waals surface area contributed by atoms with Crippen molar-refractivity contribution in [1.29, 1.82) is 0 Å². The number of H-pyrrole nitrogens is 1. The highest BCUT2D eigenvalue weighted by atomic mass is 35.5. The molecule has 18 heavy (non-hydrogen) atoms. The van der Waals surface area contributed by atoms with Gasteiger partial charge in [-0.3, -0.25) is 0 Å². The summed E-state index contributed by atoms with van der Waals surface area (Å²) in [6.07, 6.45) is 5.15. The maximum Gasteiger partial charge on any atom is 0.178 e. The van der Waals surface area contributed by atoms with E-state index in [4.69, 9.17) is 23.8 Å². The van der Waals surface area contributed by atoms with E-state index < -0.39 is 0 Å². The minimum Gasteiger partial charge on any atom is -0.331 e. The number of fused-ring (bicyclic) bond motifs is 1. The Balaban J connectivity index is 2.08. The SMILES string of the molecule is CCC(CC1CC1)n1c(=S)[nH]c2cc(Cl)ccc21. The Morgan fingerprint density at radius 1 is 1.50 bits per heavy atom. The number of benzene rings is 1. The highest BCUT2D eigenvalue weighted by Gasteiger charge is 2.26. The molecule has 0 bridgehead atoms. The van der Waals surface area contributed by atoms with Crippen LogP contribution >= 0.6 is 23.8 Å². The van der Waals surface area contributed by atoms with E-state index in [0.29, 0.717) is 6.04 Å². The highest BCUT2D eigenvalue weighted by molar-refractivity contribution is 7.71. The molecule has 1 heterocycles. The van der Waals surface area contributed by atoms with E-state index in [1.54, 1.807) is 0 Å². The summed E-state index contributed by atoms with van der Waals surface area (Å²) in [6, 6.07) is 6.47. The van der Waals surface area contributed by atoms with Crippen LogP contribution < -0.4 is 0 Å². The standard InChI is InChI=1S/C14H17ClN2S/c1-2-11(7-9-3-4-9)17-13-6-5-10(15)8-12(13)16-14(17)18/h5-6,8-9,11H,2-4,7H2,1H3,(H,16,18). The van der Waals surface area contributed by atoms with Gasteiger partial charge < -0.3 is 9.55 Å². The van der Waals surface area contributed by atoms with Gasteiger partial charge in [0.1, 0.15) is 0 Å². The zero-order valence-electron chi connectivity index (χ0n) is 10.4. The predicted octanol–water partition coefficient (Wildman–Crippen LogP) is 5.10. The van der Waals surface area contributed by atoms with E-state index in [2.05, 4.69) is 22.5 Å². The van der Waals surface area contributed by atoms with Crippen molar-refractivity contribution in [3.63, 3.8) is 0 Å². The number of imidazole rings is 1. The molecule has 2 aromatic rings. The summed E-state index contributed by atoms with van der Waals surface area (Å²) in [7, 11) is 0. The number of aromatic amines is 1. The maximum atomic E-state index is 6.02. The Labute approximate surface area is 117 Å². The van der Waals surface area contributed by atoms with Gasteiger partial charge in [0.05, 0.1) is 11.0 Å². The molecule has 0 spiro atoms. The quantitative estimate of drug-likeness (QED) is 0.773. The van der Waals surface area contributed by atoms with Crippen molar-refractivity contribution < 1.29 is 0 Å². The van der Waals surface area contributed by atoms with Crippen LogP contribution in [-0.4, -0.2) is 9.55 Å². The lowest BCUT2D eigenvalue weighted by Crippen LogP contribution is -2.09. The molecule has 1 atom stereocenters. The fourth-order valence-corrected chi connectivity index (χ4v) is 3.19. The molecule has 1 fully saturated rings. The first-order chi connectivity index (χ1) is 8.69. The maximum absolute atomic E-state index is 6.02. The van der Waals surface area contributed by atoms with Crippen molar-refractivity contribution >= 4 is 34.9 Å². The number of nitrogens with zero attached hydrogens (tertiary/aromatic N) is 1. The third-order valence-corrected chi connectivity index (χ3v) is 4.35. The molecule has 0 aliphatic heterocycles. The first kappa shape index (κ1) is 12.2. The molecule has 1 aliphatic rings. The fourth-order valence-electron chi connectivity index (χ4n) is 2.66. The van der Waals surface area contributed by atoms with Crippen LogP contribution in [0.25, 0.3) is 11.0 Å². The van der Waals surface area contributed by atoms with Crippen LogP contribution in [0.5, 0.6) is 0 Å². The van der Waals surface area contributed by atoms with Crippen LogP contribution in [0.3, 0.4) is 0 Å². The normalized spacial score (nSPS) is 17.2. The van der Waals surface area contributed by atoms with E-state index in [1.807, 2.05) is 12.1 Å². The van der Waals surface area contributed by atoms with Gasteiger partial charge in [0, 0.05) is 11.1 Å². The van der Waals surface area contributed by atoms with Gasteiger partial charge in [-0.05, 0) is 49.2 Å². The van der Waals surface area contributed by atoms with Crippen molar-refractivity contribution in [1.82, 2.24) is 9.55 Å². The van der Waals surface area contributed by atoms with Crippen LogP contribution in [0.1, 0.15) is 38.6 Å². The number of nitrogens with one attached hydrogen (secondary N) is 1. The highest BCUT2D eigenvalue weighted by Crippen LogP contribution is 2.39. The van der Waals surface area contributed by atoms with Crippen molar-refractivity contribution in [2.24, 2.45) is 5.92 Å². The van der Waals surface area contributed by atoms with Crippen molar-refractivity contribution in [3.05, 3.63) is 28.0 Å². The van der Waals surface area contributed by atoms with Gasteiger partial charge in [-0.25, -0.2) is 0 Å². The van der Waals surface area contributed by atoms with Crippen LogP contribution in [-0.2, 0) is 0 Å². The second-order valence-corrected chi connectivity index (χ2v) is 6.03. The number of halogens is 1. The molecule has 4 heteroatoms. The largest absolute Gasteiger partial charge is 0.331 e. The Bertz CT molecular complexity index is 624. The smallest absolute Gasteiger partial charge is 0.178 e. The molecule has 3 rings (SSSR count). The molecular formula is C14H17ClN2S. The minimum atomic E-state index is 0.514. The molecule has 1 saturated carbocycles. The monoisotopic (exact) mass is 280 g/mol. The Kier molecular flexibility index (Phi) is 3.20. The summed E-state index contributed by atoms with van der Waals surface area (Å²) in [5, 5.41) is 0.751. The third kappa shape index (κ3) is 2.21. The average molecular weight is 281 g/mol. The molecule has 1 aromatic heterocycles. The molecule has 0 saturated heterocycles. The van der Waals surface area contributed by atoms with Gasteiger partial charge >= 0.3 is 0 Å². The molecule has 1 aromatic carbocycles. The third-order valence-electron chi connectivity index (χ3n) is 3.82. The molecular weight excluding hydrogens is 264 g/mol.